The number of hydrogen-bond acceptors (Lipinski definition) is 4. The lowest BCUT2D eigenvalue weighted by atomic mass is 9.97. The number of amides is 3. The van der Waals surface area contributed by atoms with Crippen molar-refractivity contribution in [2.24, 2.45) is 11.8 Å². The van der Waals surface area contributed by atoms with Gasteiger partial charge in [0.25, 0.3) is 5.91 Å². The van der Waals surface area contributed by atoms with Gasteiger partial charge < -0.3 is 20.3 Å². The first-order valence-corrected chi connectivity index (χ1v) is 13.4. The van der Waals surface area contributed by atoms with Crippen LogP contribution in [0.25, 0.3) is 0 Å². The second kappa shape index (κ2) is 11.6. The van der Waals surface area contributed by atoms with Crippen LogP contribution in [0.1, 0.15) is 76.3 Å². The van der Waals surface area contributed by atoms with Gasteiger partial charge in [-0.2, -0.15) is 0 Å². The summed E-state index contributed by atoms with van der Waals surface area (Å²) >= 11 is 0. The summed E-state index contributed by atoms with van der Waals surface area (Å²) in [7, 11) is 0. The first-order chi connectivity index (χ1) is 17.7. The van der Waals surface area contributed by atoms with Crippen LogP contribution in [0.4, 0.5) is 10.5 Å². The van der Waals surface area contributed by atoms with Gasteiger partial charge in [0.05, 0.1) is 0 Å². The topological polar surface area (TPSA) is 87.7 Å². The molecule has 3 rings (SSSR count). The van der Waals surface area contributed by atoms with E-state index < -0.39 is 23.8 Å². The predicted molar refractivity (Wildman–Crippen MR) is 151 cm³/mol. The molecule has 0 bridgehead atoms. The van der Waals surface area contributed by atoms with Gasteiger partial charge in [-0.15, -0.1) is 0 Å². The maximum Gasteiger partial charge on any atom is 0.408 e. The molecule has 2 aromatic carbocycles. The van der Waals surface area contributed by atoms with Crippen molar-refractivity contribution in [3.05, 3.63) is 64.7 Å². The zero-order valence-electron chi connectivity index (χ0n) is 24.2. The van der Waals surface area contributed by atoms with Crippen LogP contribution in [0.2, 0.25) is 0 Å². The van der Waals surface area contributed by atoms with E-state index in [2.05, 4.69) is 17.6 Å². The number of anilines is 1. The van der Waals surface area contributed by atoms with Gasteiger partial charge in [-0.1, -0.05) is 68.8 Å². The van der Waals surface area contributed by atoms with Crippen molar-refractivity contribution >= 4 is 23.6 Å². The molecule has 206 valence electrons. The molecular formula is C31H43N3O4. The normalized spacial score (nSPS) is 18.4. The molecule has 4 atom stereocenters. The highest BCUT2D eigenvalue weighted by Gasteiger charge is 2.48. The highest BCUT2D eigenvalue weighted by Crippen LogP contribution is 2.41. The summed E-state index contributed by atoms with van der Waals surface area (Å²) in [6.45, 7) is 17.1. The monoisotopic (exact) mass is 521 g/mol. The standard InChI is InChI=1S/C31H43N3O4/c1-18(2)25(33-30(37)38-31(7,8)9)29(36)34(24-17-22(24)6)27(23-15-10-12-19(3)16-23)28(35)32-26-20(4)13-11-14-21(26)5/h10-16,18,22,24-25,27H,17H2,1-9H3,(H,32,35)(H,33,37). The first-order valence-electron chi connectivity index (χ1n) is 13.4. The summed E-state index contributed by atoms with van der Waals surface area (Å²) < 4.78 is 5.46. The van der Waals surface area contributed by atoms with E-state index in [0.29, 0.717) is 0 Å². The number of nitrogens with one attached hydrogen (secondary N) is 2. The van der Waals surface area contributed by atoms with Crippen molar-refractivity contribution in [3.8, 4) is 0 Å². The Hall–Kier alpha value is -3.35. The van der Waals surface area contributed by atoms with E-state index in [1.165, 1.54) is 0 Å². The van der Waals surface area contributed by atoms with E-state index in [1.807, 2.05) is 77.1 Å². The van der Waals surface area contributed by atoms with Gasteiger partial charge in [-0.3, -0.25) is 9.59 Å². The maximum absolute atomic E-state index is 14.3. The molecule has 0 radical (unpaired) electrons. The van der Waals surface area contributed by atoms with Crippen LogP contribution < -0.4 is 10.6 Å². The largest absolute Gasteiger partial charge is 0.444 e. The lowest BCUT2D eigenvalue weighted by Crippen LogP contribution is -2.55. The van der Waals surface area contributed by atoms with Crippen molar-refractivity contribution in [1.29, 1.82) is 0 Å². The lowest BCUT2D eigenvalue weighted by molar-refractivity contribution is -0.142. The molecule has 0 heterocycles. The Morgan fingerprint density at radius 1 is 1.00 bits per heavy atom. The fraction of sp³-hybridized carbons (Fsp3) is 0.516. The Labute approximate surface area is 227 Å². The Balaban J connectivity index is 2.05. The van der Waals surface area contributed by atoms with Crippen molar-refractivity contribution in [1.82, 2.24) is 10.2 Å². The predicted octanol–water partition coefficient (Wildman–Crippen LogP) is 6.08. The number of nitrogens with zero attached hydrogens (tertiary/aromatic N) is 1. The third kappa shape index (κ3) is 7.15. The van der Waals surface area contributed by atoms with Crippen LogP contribution in [0, 0.1) is 32.6 Å². The summed E-state index contributed by atoms with van der Waals surface area (Å²) in [5.41, 5.74) is 3.68. The number of rotatable bonds is 8. The summed E-state index contributed by atoms with van der Waals surface area (Å²) in [4.78, 5) is 42.8. The molecule has 1 fully saturated rings. The Kier molecular flexibility index (Phi) is 8.90. The van der Waals surface area contributed by atoms with E-state index >= 15 is 0 Å². The Morgan fingerprint density at radius 3 is 2.08 bits per heavy atom. The van der Waals surface area contributed by atoms with Crippen LogP contribution in [0.15, 0.2) is 42.5 Å². The molecule has 4 unspecified atom stereocenters. The minimum Gasteiger partial charge on any atom is -0.444 e. The molecule has 1 aliphatic rings. The van der Waals surface area contributed by atoms with E-state index in [4.69, 9.17) is 4.74 Å². The first kappa shape index (κ1) is 29.2. The number of ether oxygens (including phenoxy) is 1. The average molecular weight is 522 g/mol. The summed E-state index contributed by atoms with van der Waals surface area (Å²) in [6.07, 6.45) is 0.141. The van der Waals surface area contributed by atoms with E-state index in [0.717, 1.165) is 34.4 Å². The molecule has 0 aromatic heterocycles. The van der Waals surface area contributed by atoms with Crippen molar-refractivity contribution in [3.63, 3.8) is 0 Å². The SMILES string of the molecule is Cc1cccc(C(C(=O)Nc2c(C)cccc2C)N(C(=O)C(NC(=O)OC(C)(C)C)C(C)C)C2CC2C)c1. The second-order valence-electron chi connectivity index (χ2n) is 12.0. The zero-order valence-corrected chi connectivity index (χ0v) is 24.2. The fourth-order valence-electron chi connectivity index (χ4n) is 4.76. The number of carbonyl (C=O) groups is 3. The van der Waals surface area contributed by atoms with Crippen molar-refractivity contribution < 1.29 is 19.1 Å². The van der Waals surface area contributed by atoms with Crippen LogP contribution in [-0.4, -0.2) is 40.5 Å². The van der Waals surface area contributed by atoms with Gasteiger partial charge in [0, 0.05) is 11.7 Å². The van der Waals surface area contributed by atoms with Crippen LogP contribution in [0.3, 0.4) is 0 Å². The van der Waals surface area contributed by atoms with Gasteiger partial charge in [-0.05, 0) is 76.5 Å². The molecule has 0 saturated heterocycles. The minimum absolute atomic E-state index is 0.113. The van der Waals surface area contributed by atoms with Gasteiger partial charge >= 0.3 is 6.09 Å². The van der Waals surface area contributed by atoms with Crippen LogP contribution in [0.5, 0.6) is 0 Å². The molecule has 1 aliphatic carbocycles. The molecule has 3 amide bonds. The minimum atomic E-state index is -0.863. The van der Waals surface area contributed by atoms with Crippen molar-refractivity contribution in [2.75, 3.05) is 5.32 Å². The van der Waals surface area contributed by atoms with Crippen molar-refractivity contribution in [2.45, 2.75) is 92.5 Å². The van der Waals surface area contributed by atoms with Gasteiger partial charge in [0.2, 0.25) is 5.91 Å². The highest BCUT2D eigenvalue weighted by molar-refractivity contribution is 6.00. The summed E-state index contributed by atoms with van der Waals surface area (Å²) in [6, 6.07) is 11.8. The molecule has 0 spiro atoms. The van der Waals surface area contributed by atoms with E-state index in [9.17, 15) is 14.4 Å². The van der Waals surface area contributed by atoms with Gasteiger partial charge in [0.1, 0.15) is 17.7 Å². The second-order valence-corrected chi connectivity index (χ2v) is 12.0. The molecule has 1 saturated carbocycles. The molecule has 2 N–H and O–H groups in total. The van der Waals surface area contributed by atoms with Crippen LogP contribution >= 0.6 is 0 Å². The number of hydrogen-bond donors (Lipinski definition) is 2. The number of para-hydroxylation sites is 1. The molecule has 2 aromatic rings. The Bertz CT molecular complexity index is 1160. The number of alkyl carbamates (subject to hydrolysis) is 1. The number of carbonyl (C=O) groups excluding carboxylic acids is 3. The lowest BCUT2D eigenvalue weighted by Gasteiger charge is -2.36. The number of aryl methyl sites for hydroxylation is 3. The third-order valence-electron chi connectivity index (χ3n) is 6.90. The molecule has 7 heteroatoms. The van der Waals surface area contributed by atoms with E-state index in [1.54, 1.807) is 25.7 Å². The summed E-state index contributed by atoms with van der Waals surface area (Å²) in [5, 5.41) is 5.92. The smallest absolute Gasteiger partial charge is 0.408 e. The maximum atomic E-state index is 14.3. The van der Waals surface area contributed by atoms with Crippen LogP contribution in [-0.2, 0) is 14.3 Å². The fourth-order valence-corrected chi connectivity index (χ4v) is 4.76. The Morgan fingerprint density at radius 2 is 1.58 bits per heavy atom. The van der Waals surface area contributed by atoms with Gasteiger partial charge in [0.15, 0.2) is 0 Å². The average Bonchev–Trinajstić information content (AvgIpc) is 3.52. The zero-order chi connectivity index (χ0) is 28.4. The quantitative estimate of drug-likeness (QED) is 0.441. The highest BCUT2D eigenvalue weighted by atomic mass is 16.6. The molecule has 7 nitrogen and oxygen atoms in total. The van der Waals surface area contributed by atoms with Gasteiger partial charge in [-0.25, -0.2) is 4.79 Å². The molecular weight excluding hydrogens is 478 g/mol. The number of benzene rings is 2. The molecule has 38 heavy (non-hydrogen) atoms. The van der Waals surface area contributed by atoms with E-state index in [-0.39, 0.29) is 29.7 Å². The molecule has 0 aliphatic heterocycles. The third-order valence-corrected chi connectivity index (χ3v) is 6.90. The summed E-state index contributed by atoms with van der Waals surface area (Å²) in [5.74, 6) is -0.538.